The molecule has 1 aliphatic carbocycles. The van der Waals surface area contributed by atoms with Crippen LogP contribution in [0.4, 0.5) is 0 Å². The van der Waals surface area contributed by atoms with Crippen molar-refractivity contribution in [2.45, 2.75) is 25.5 Å². The highest BCUT2D eigenvalue weighted by molar-refractivity contribution is 8.93. The summed E-state index contributed by atoms with van der Waals surface area (Å²) < 4.78 is 0. The highest BCUT2D eigenvalue weighted by Crippen LogP contribution is 2.30. The maximum Gasteiger partial charge on any atom is 0.0555 e. The molecule has 0 heterocycles. The summed E-state index contributed by atoms with van der Waals surface area (Å²) in [6.45, 7) is 1.79. The standard InChI is InChI=1S/C5H11NO.BrH/c1-3(7)4-2-5(4)6;/h3-5,7H,2,6H2,1H3;1H. The minimum absolute atomic E-state index is 0. The van der Waals surface area contributed by atoms with Gasteiger partial charge in [0.15, 0.2) is 0 Å². The first-order valence-electron chi connectivity index (χ1n) is 2.65. The van der Waals surface area contributed by atoms with E-state index in [-0.39, 0.29) is 23.1 Å². The molecule has 0 amide bonds. The Balaban J connectivity index is 0.000000490. The molecule has 3 unspecified atom stereocenters. The second-order valence-corrected chi connectivity index (χ2v) is 2.30. The largest absolute Gasteiger partial charge is 0.393 e. The van der Waals surface area contributed by atoms with Crippen LogP contribution in [0.2, 0.25) is 0 Å². The van der Waals surface area contributed by atoms with Gasteiger partial charge in [0.1, 0.15) is 0 Å². The Morgan fingerprint density at radius 3 is 2.12 bits per heavy atom. The van der Waals surface area contributed by atoms with Crippen LogP contribution in [0.15, 0.2) is 0 Å². The molecule has 3 N–H and O–H groups in total. The fourth-order valence-corrected chi connectivity index (χ4v) is 0.790. The molecule has 0 spiro atoms. The lowest BCUT2D eigenvalue weighted by Gasteiger charge is -1.96. The van der Waals surface area contributed by atoms with Crippen molar-refractivity contribution >= 4 is 17.0 Å². The highest BCUT2D eigenvalue weighted by atomic mass is 79.9. The molecule has 3 atom stereocenters. The fraction of sp³-hybridized carbons (Fsp3) is 1.00. The van der Waals surface area contributed by atoms with Gasteiger partial charge in [0, 0.05) is 12.0 Å². The molecule has 1 fully saturated rings. The third-order valence-electron chi connectivity index (χ3n) is 1.51. The van der Waals surface area contributed by atoms with Crippen LogP contribution in [0.25, 0.3) is 0 Å². The maximum absolute atomic E-state index is 8.78. The summed E-state index contributed by atoms with van der Waals surface area (Å²) >= 11 is 0. The molecule has 0 aromatic rings. The molecule has 8 heavy (non-hydrogen) atoms. The van der Waals surface area contributed by atoms with Gasteiger partial charge in [0.05, 0.1) is 6.10 Å². The summed E-state index contributed by atoms with van der Waals surface area (Å²) in [5.41, 5.74) is 5.41. The SMILES string of the molecule is Br.CC(O)C1CC1N. The fourth-order valence-electron chi connectivity index (χ4n) is 0.790. The quantitative estimate of drug-likeness (QED) is 0.612. The third-order valence-corrected chi connectivity index (χ3v) is 1.51. The molecule has 0 radical (unpaired) electrons. The van der Waals surface area contributed by atoms with E-state index in [1.54, 1.807) is 6.92 Å². The molecular weight excluding hydrogens is 170 g/mol. The predicted octanol–water partition coefficient (Wildman–Crippen LogP) is 0.292. The van der Waals surface area contributed by atoms with Crippen LogP contribution >= 0.6 is 17.0 Å². The Morgan fingerprint density at radius 1 is 1.75 bits per heavy atom. The number of hydrogen-bond acceptors (Lipinski definition) is 2. The van der Waals surface area contributed by atoms with E-state index in [1.807, 2.05) is 0 Å². The van der Waals surface area contributed by atoms with E-state index in [4.69, 9.17) is 10.8 Å². The van der Waals surface area contributed by atoms with E-state index in [0.29, 0.717) is 12.0 Å². The summed E-state index contributed by atoms with van der Waals surface area (Å²) in [5, 5.41) is 8.78. The van der Waals surface area contributed by atoms with E-state index in [9.17, 15) is 0 Å². The van der Waals surface area contributed by atoms with Crippen LogP contribution in [-0.2, 0) is 0 Å². The van der Waals surface area contributed by atoms with Crippen LogP contribution in [0, 0.1) is 5.92 Å². The number of hydrogen-bond donors (Lipinski definition) is 2. The average molecular weight is 182 g/mol. The Hall–Kier alpha value is 0.400. The number of halogens is 1. The van der Waals surface area contributed by atoms with E-state index in [2.05, 4.69) is 0 Å². The smallest absolute Gasteiger partial charge is 0.0555 e. The van der Waals surface area contributed by atoms with Gasteiger partial charge in [-0.1, -0.05) is 0 Å². The zero-order valence-electron chi connectivity index (χ0n) is 4.87. The first-order valence-corrected chi connectivity index (χ1v) is 2.65. The zero-order chi connectivity index (χ0) is 5.44. The van der Waals surface area contributed by atoms with E-state index in [1.165, 1.54) is 0 Å². The summed E-state index contributed by atoms with van der Waals surface area (Å²) in [6.07, 6.45) is 0.826. The summed E-state index contributed by atoms with van der Waals surface area (Å²) in [4.78, 5) is 0. The van der Waals surface area contributed by atoms with Crippen molar-refractivity contribution < 1.29 is 5.11 Å². The number of aliphatic hydroxyl groups is 1. The van der Waals surface area contributed by atoms with Gasteiger partial charge in [-0.3, -0.25) is 0 Å². The molecule has 1 aliphatic rings. The van der Waals surface area contributed by atoms with Crippen molar-refractivity contribution in [2.24, 2.45) is 11.7 Å². The Kier molecular flexibility index (Phi) is 2.94. The lowest BCUT2D eigenvalue weighted by molar-refractivity contribution is 0.169. The lowest BCUT2D eigenvalue weighted by atomic mass is 10.3. The van der Waals surface area contributed by atoms with Gasteiger partial charge < -0.3 is 10.8 Å². The van der Waals surface area contributed by atoms with Crippen molar-refractivity contribution in [1.82, 2.24) is 0 Å². The van der Waals surface area contributed by atoms with Gasteiger partial charge in [-0.2, -0.15) is 0 Å². The molecule has 0 aromatic heterocycles. The Morgan fingerprint density at radius 2 is 2.12 bits per heavy atom. The molecule has 0 aromatic carbocycles. The van der Waals surface area contributed by atoms with Crippen molar-refractivity contribution in [3.05, 3.63) is 0 Å². The Labute approximate surface area is 59.8 Å². The van der Waals surface area contributed by atoms with Gasteiger partial charge >= 0.3 is 0 Å². The van der Waals surface area contributed by atoms with Gasteiger partial charge in [-0.25, -0.2) is 0 Å². The second-order valence-electron chi connectivity index (χ2n) is 2.30. The molecule has 2 nitrogen and oxygen atoms in total. The Bertz CT molecular complexity index is 76.8. The molecule has 0 saturated heterocycles. The number of rotatable bonds is 1. The van der Waals surface area contributed by atoms with Gasteiger partial charge in [0.2, 0.25) is 0 Å². The monoisotopic (exact) mass is 181 g/mol. The predicted molar refractivity (Wildman–Crippen MR) is 38.1 cm³/mol. The summed E-state index contributed by atoms with van der Waals surface area (Å²) in [5.74, 6) is 0.403. The molecule has 50 valence electrons. The minimum Gasteiger partial charge on any atom is -0.393 e. The van der Waals surface area contributed by atoms with Gasteiger partial charge in [-0.15, -0.1) is 17.0 Å². The van der Waals surface area contributed by atoms with E-state index >= 15 is 0 Å². The van der Waals surface area contributed by atoms with E-state index in [0.717, 1.165) is 6.42 Å². The average Bonchev–Trinajstić information content (AvgIpc) is 2.17. The van der Waals surface area contributed by atoms with Crippen LogP contribution in [-0.4, -0.2) is 17.3 Å². The third kappa shape index (κ3) is 1.73. The summed E-state index contributed by atoms with van der Waals surface area (Å²) in [6, 6.07) is 0.292. The molecule has 3 heteroatoms. The van der Waals surface area contributed by atoms with Crippen molar-refractivity contribution in [1.29, 1.82) is 0 Å². The molecular formula is C5H12BrNO. The van der Waals surface area contributed by atoms with Crippen LogP contribution in [0.3, 0.4) is 0 Å². The number of nitrogens with two attached hydrogens (primary N) is 1. The second kappa shape index (κ2) is 2.80. The zero-order valence-corrected chi connectivity index (χ0v) is 6.59. The maximum atomic E-state index is 8.78. The molecule has 1 rings (SSSR count). The first-order chi connectivity index (χ1) is 3.22. The topological polar surface area (TPSA) is 46.2 Å². The lowest BCUT2D eigenvalue weighted by Crippen LogP contribution is -2.11. The normalized spacial score (nSPS) is 37.9. The minimum atomic E-state index is -0.185. The first kappa shape index (κ1) is 8.40. The van der Waals surface area contributed by atoms with Crippen LogP contribution < -0.4 is 5.73 Å². The van der Waals surface area contributed by atoms with Gasteiger partial charge in [-0.05, 0) is 13.3 Å². The molecule has 0 bridgehead atoms. The van der Waals surface area contributed by atoms with Crippen LogP contribution in [0.1, 0.15) is 13.3 Å². The van der Waals surface area contributed by atoms with Crippen molar-refractivity contribution in [3.8, 4) is 0 Å². The highest BCUT2D eigenvalue weighted by Gasteiger charge is 2.36. The molecule has 1 saturated carbocycles. The van der Waals surface area contributed by atoms with Crippen LogP contribution in [0.5, 0.6) is 0 Å². The van der Waals surface area contributed by atoms with Crippen molar-refractivity contribution in [2.75, 3.05) is 0 Å². The van der Waals surface area contributed by atoms with E-state index < -0.39 is 0 Å². The van der Waals surface area contributed by atoms with Crippen molar-refractivity contribution in [3.63, 3.8) is 0 Å². The molecule has 0 aliphatic heterocycles. The number of aliphatic hydroxyl groups excluding tert-OH is 1. The summed E-state index contributed by atoms with van der Waals surface area (Å²) in [7, 11) is 0. The van der Waals surface area contributed by atoms with Gasteiger partial charge in [0.25, 0.3) is 0 Å².